The highest BCUT2D eigenvalue weighted by atomic mass is 16.6. The molecular formula is C24H22N6O2. The van der Waals surface area contributed by atoms with E-state index in [1.165, 1.54) is 0 Å². The van der Waals surface area contributed by atoms with Gasteiger partial charge in [-0.2, -0.15) is 0 Å². The van der Waals surface area contributed by atoms with Gasteiger partial charge in [0, 0.05) is 11.4 Å². The van der Waals surface area contributed by atoms with Crippen LogP contribution in [0.5, 0.6) is 5.75 Å². The molecule has 0 aliphatic heterocycles. The number of benzene rings is 2. The first kappa shape index (κ1) is 19.7. The van der Waals surface area contributed by atoms with E-state index in [9.17, 15) is 0 Å². The van der Waals surface area contributed by atoms with Crippen LogP contribution in [0.15, 0.2) is 66.1 Å². The summed E-state index contributed by atoms with van der Waals surface area (Å²) in [5.74, 6) is 1.35. The fourth-order valence-corrected chi connectivity index (χ4v) is 3.75. The van der Waals surface area contributed by atoms with E-state index in [1.807, 2.05) is 54.6 Å². The maximum absolute atomic E-state index is 5.41. The van der Waals surface area contributed by atoms with Crippen molar-refractivity contribution in [2.24, 2.45) is 5.16 Å². The van der Waals surface area contributed by atoms with Crippen LogP contribution in [0.2, 0.25) is 0 Å². The molecule has 8 heteroatoms. The van der Waals surface area contributed by atoms with Gasteiger partial charge in [-0.25, -0.2) is 14.5 Å². The quantitative estimate of drug-likeness (QED) is 0.300. The Labute approximate surface area is 184 Å². The number of hydrogen-bond acceptors (Lipinski definition) is 6. The first-order chi connectivity index (χ1) is 15.7. The highest BCUT2D eigenvalue weighted by Gasteiger charge is 2.19. The zero-order valence-corrected chi connectivity index (χ0v) is 18.1. The van der Waals surface area contributed by atoms with E-state index < -0.39 is 0 Å². The highest BCUT2D eigenvalue weighted by Crippen LogP contribution is 2.30. The molecule has 0 fully saturated rings. The third kappa shape index (κ3) is 3.45. The molecule has 5 rings (SSSR count). The van der Waals surface area contributed by atoms with Gasteiger partial charge in [0.2, 0.25) is 0 Å². The van der Waals surface area contributed by atoms with Crippen molar-refractivity contribution in [1.82, 2.24) is 24.1 Å². The highest BCUT2D eigenvalue weighted by molar-refractivity contribution is 5.95. The molecule has 160 valence electrons. The van der Waals surface area contributed by atoms with Crippen LogP contribution < -0.4 is 4.74 Å². The summed E-state index contributed by atoms with van der Waals surface area (Å²) in [7, 11) is 1.66. The third-order valence-electron chi connectivity index (χ3n) is 5.48. The molecule has 0 bridgehead atoms. The van der Waals surface area contributed by atoms with E-state index in [-0.39, 0.29) is 6.61 Å². The summed E-state index contributed by atoms with van der Waals surface area (Å²) >= 11 is 0. The molecule has 0 aliphatic carbocycles. The number of oxime groups is 1. The lowest BCUT2D eigenvalue weighted by Gasteiger charge is -2.08. The maximum Gasteiger partial charge on any atom is 0.192 e. The normalized spacial score (nSPS) is 11.6. The summed E-state index contributed by atoms with van der Waals surface area (Å²) in [4.78, 5) is 14.8. The monoisotopic (exact) mass is 426 g/mol. The van der Waals surface area contributed by atoms with Gasteiger partial charge in [0.05, 0.1) is 18.7 Å². The minimum atomic E-state index is 0.170. The lowest BCUT2D eigenvalue weighted by atomic mass is 10.2. The minimum Gasteiger partial charge on any atom is -0.497 e. The molecule has 3 aromatic heterocycles. The van der Waals surface area contributed by atoms with E-state index in [4.69, 9.17) is 14.6 Å². The second-order valence-electron chi connectivity index (χ2n) is 7.40. The van der Waals surface area contributed by atoms with Gasteiger partial charge in [0.15, 0.2) is 23.7 Å². The molecule has 0 N–H and O–H groups in total. The Bertz CT molecular complexity index is 1420. The maximum atomic E-state index is 5.41. The van der Waals surface area contributed by atoms with Crippen LogP contribution in [0.4, 0.5) is 0 Å². The van der Waals surface area contributed by atoms with Crippen molar-refractivity contribution in [2.75, 3.05) is 7.11 Å². The number of fused-ring (bicyclic) bond motifs is 3. The largest absolute Gasteiger partial charge is 0.497 e. The van der Waals surface area contributed by atoms with Crippen LogP contribution in [0.25, 0.3) is 22.4 Å². The van der Waals surface area contributed by atoms with Gasteiger partial charge < -0.3 is 9.57 Å². The lowest BCUT2D eigenvalue weighted by Crippen LogP contribution is -1.99. The fraction of sp³-hybridized carbons (Fsp3) is 0.167. The number of methoxy groups -OCH3 is 1. The van der Waals surface area contributed by atoms with Crippen molar-refractivity contribution >= 4 is 22.9 Å². The van der Waals surface area contributed by atoms with Gasteiger partial charge in [0.1, 0.15) is 12.1 Å². The Kier molecular flexibility index (Phi) is 5.03. The summed E-state index contributed by atoms with van der Waals surface area (Å²) in [5, 5.41) is 9.48. The number of aryl methyl sites for hydroxylation is 1. The zero-order chi connectivity index (χ0) is 22.1. The van der Waals surface area contributed by atoms with Crippen molar-refractivity contribution < 1.29 is 9.57 Å². The van der Waals surface area contributed by atoms with Crippen LogP contribution >= 0.6 is 0 Å². The molecule has 5 aromatic rings. The molecule has 0 saturated carbocycles. The van der Waals surface area contributed by atoms with Crippen molar-refractivity contribution in [1.29, 1.82) is 0 Å². The molecule has 0 spiro atoms. The Hall–Kier alpha value is -4.20. The van der Waals surface area contributed by atoms with E-state index >= 15 is 0 Å². The minimum absolute atomic E-state index is 0.170. The standard InChI is InChI=1S/C24H22N6O2/c1-16-17(2)30(19-9-11-20(31-3)12-10-19)23-22(16)24-27-21(28-29(24)15-25-23)14-32-26-13-18-7-5-4-6-8-18/h4-13,15H,14H2,1-3H3. The van der Waals surface area contributed by atoms with Gasteiger partial charge >= 0.3 is 0 Å². The molecular weight excluding hydrogens is 404 g/mol. The zero-order valence-electron chi connectivity index (χ0n) is 18.1. The molecule has 0 amide bonds. The van der Waals surface area contributed by atoms with E-state index in [1.54, 1.807) is 24.2 Å². The predicted octanol–water partition coefficient (Wildman–Crippen LogP) is 4.24. The van der Waals surface area contributed by atoms with E-state index in [0.717, 1.165) is 44.9 Å². The molecule has 0 atom stereocenters. The Morgan fingerprint density at radius 3 is 2.53 bits per heavy atom. The Morgan fingerprint density at radius 1 is 1.00 bits per heavy atom. The summed E-state index contributed by atoms with van der Waals surface area (Å²) in [5.41, 5.74) is 5.76. The van der Waals surface area contributed by atoms with Crippen LogP contribution in [0.1, 0.15) is 22.6 Å². The van der Waals surface area contributed by atoms with Crippen LogP contribution in [0.3, 0.4) is 0 Å². The Balaban J connectivity index is 1.48. The van der Waals surface area contributed by atoms with Gasteiger partial charge in [-0.15, -0.1) is 5.10 Å². The summed E-state index contributed by atoms with van der Waals surface area (Å²) in [6, 6.07) is 17.7. The second kappa shape index (κ2) is 8.14. The number of aromatic nitrogens is 5. The van der Waals surface area contributed by atoms with E-state index in [0.29, 0.717) is 5.82 Å². The summed E-state index contributed by atoms with van der Waals surface area (Å²) in [6.07, 6.45) is 3.35. The molecule has 0 aliphatic rings. The lowest BCUT2D eigenvalue weighted by molar-refractivity contribution is 0.126. The molecule has 0 unspecified atom stereocenters. The van der Waals surface area contributed by atoms with Crippen molar-refractivity contribution in [2.45, 2.75) is 20.5 Å². The van der Waals surface area contributed by atoms with Crippen molar-refractivity contribution in [3.05, 3.63) is 83.6 Å². The molecule has 3 heterocycles. The molecule has 32 heavy (non-hydrogen) atoms. The average molecular weight is 426 g/mol. The van der Waals surface area contributed by atoms with Crippen LogP contribution in [-0.4, -0.2) is 37.5 Å². The van der Waals surface area contributed by atoms with Gasteiger partial charge in [-0.3, -0.25) is 4.57 Å². The van der Waals surface area contributed by atoms with Crippen LogP contribution in [0, 0.1) is 13.8 Å². The number of nitrogens with zero attached hydrogens (tertiary/aromatic N) is 6. The van der Waals surface area contributed by atoms with Crippen LogP contribution in [-0.2, 0) is 11.4 Å². The Morgan fingerprint density at radius 2 is 1.78 bits per heavy atom. The predicted molar refractivity (Wildman–Crippen MR) is 122 cm³/mol. The molecule has 8 nitrogen and oxygen atoms in total. The van der Waals surface area contributed by atoms with Gasteiger partial charge in [-0.1, -0.05) is 35.5 Å². The number of hydrogen-bond donors (Lipinski definition) is 0. The molecule has 0 radical (unpaired) electrons. The second-order valence-corrected chi connectivity index (χ2v) is 7.40. The summed E-state index contributed by atoms with van der Waals surface area (Å²) in [6.45, 7) is 4.33. The molecule has 2 aromatic carbocycles. The topological polar surface area (TPSA) is 78.8 Å². The first-order valence-corrected chi connectivity index (χ1v) is 10.2. The van der Waals surface area contributed by atoms with Crippen molar-refractivity contribution in [3.8, 4) is 11.4 Å². The smallest absolute Gasteiger partial charge is 0.192 e. The fourth-order valence-electron chi connectivity index (χ4n) is 3.75. The average Bonchev–Trinajstić information content (AvgIpc) is 3.36. The first-order valence-electron chi connectivity index (χ1n) is 10.2. The van der Waals surface area contributed by atoms with Gasteiger partial charge in [-0.05, 0) is 49.2 Å². The van der Waals surface area contributed by atoms with Gasteiger partial charge in [0.25, 0.3) is 0 Å². The third-order valence-corrected chi connectivity index (χ3v) is 5.48. The SMILES string of the molecule is COc1ccc(-n2c(C)c(C)c3c2ncn2nc(CON=Cc4ccccc4)nc32)cc1. The molecule has 0 saturated heterocycles. The van der Waals surface area contributed by atoms with Crippen molar-refractivity contribution in [3.63, 3.8) is 0 Å². The number of ether oxygens (including phenoxy) is 1. The van der Waals surface area contributed by atoms with E-state index in [2.05, 4.69) is 33.7 Å². The summed E-state index contributed by atoms with van der Waals surface area (Å²) < 4.78 is 9.10. The number of rotatable bonds is 6.